The van der Waals surface area contributed by atoms with E-state index in [-0.39, 0.29) is 10.9 Å². The molecule has 6 heteroatoms. The molecule has 102 valence electrons. The number of benzene rings is 1. The fourth-order valence-corrected chi connectivity index (χ4v) is 2.77. The van der Waals surface area contributed by atoms with E-state index in [4.69, 9.17) is 5.73 Å². The molecule has 0 radical (unpaired) electrons. The number of nitrogen functional groups attached to an aromatic ring is 1. The van der Waals surface area contributed by atoms with Crippen LogP contribution in [0.4, 0.5) is 5.69 Å². The molecule has 0 fully saturated rings. The molecule has 0 aliphatic rings. The summed E-state index contributed by atoms with van der Waals surface area (Å²) in [5, 5.41) is 0. The molecule has 0 spiro atoms. The third-order valence-corrected chi connectivity index (χ3v) is 4.16. The molecule has 1 aromatic rings. The standard InChI is InChI=1S/C12H21N3O2S/c1-10(8-9-15(2)3)14-18(16,17)12-6-4-11(13)5-7-12/h4-7,10,14H,8-9,13H2,1-3H3. The summed E-state index contributed by atoms with van der Waals surface area (Å²) in [6.45, 7) is 2.70. The molecular weight excluding hydrogens is 250 g/mol. The zero-order valence-corrected chi connectivity index (χ0v) is 11.9. The van der Waals surface area contributed by atoms with Crippen LogP contribution in [0.3, 0.4) is 0 Å². The van der Waals surface area contributed by atoms with E-state index in [0.29, 0.717) is 5.69 Å². The van der Waals surface area contributed by atoms with Crippen molar-refractivity contribution in [3.05, 3.63) is 24.3 Å². The van der Waals surface area contributed by atoms with Crippen LogP contribution in [0.25, 0.3) is 0 Å². The highest BCUT2D eigenvalue weighted by molar-refractivity contribution is 7.89. The van der Waals surface area contributed by atoms with Gasteiger partial charge in [-0.1, -0.05) is 0 Å². The average Bonchev–Trinajstić information content (AvgIpc) is 2.26. The van der Waals surface area contributed by atoms with Crippen molar-refractivity contribution >= 4 is 15.7 Å². The van der Waals surface area contributed by atoms with Crippen molar-refractivity contribution in [1.29, 1.82) is 0 Å². The summed E-state index contributed by atoms with van der Waals surface area (Å²) in [6.07, 6.45) is 0.765. The first-order chi connectivity index (χ1) is 8.31. The van der Waals surface area contributed by atoms with Crippen molar-refractivity contribution in [3.8, 4) is 0 Å². The van der Waals surface area contributed by atoms with E-state index >= 15 is 0 Å². The number of rotatable bonds is 6. The van der Waals surface area contributed by atoms with Gasteiger partial charge < -0.3 is 10.6 Å². The molecular formula is C12H21N3O2S. The van der Waals surface area contributed by atoms with Gasteiger partial charge in [0.1, 0.15) is 0 Å². The first-order valence-corrected chi connectivity index (χ1v) is 7.32. The van der Waals surface area contributed by atoms with Crippen molar-refractivity contribution in [2.24, 2.45) is 0 Å². The molecule has 0 saturated heterocycles. The molecule has 5 nitrogen and oxygen atoms in total. The van der Waals surface area contributed by atoms with Gasteiger partial charge in [-0.15, -0.1) is 0 Å². The van der Waals surface area contributed by atoms with Gasteiger partial charge in [-0.25, -0.2) is 13.1 Å². The molecule has 1 atom stereocenters. The predicted molar refractivity (Wildman–Crippen MR) is 73.8 cm³/mol. The van der Waals surface area contributed by atoms with Gasteiger partial charge >= 0.3 is 0 Å². The largest absolute Gasteiger partial charge is 0.399 e. The van der Waals surface area contributed by atoms with E-state index in [9.17, 15) is 8.42 Å². The molecule has 1 rings (SSSR count). The fraction of sp³-hybridized carbons (Fsp3) is 0.500. The number of hydrogen-bond donors (Lipinski definition) is 2. The highest BCUT2D eigenvalue weighted by Crippen LogP contribution is 2.12. The van der Waals surface area contributed by atoms with Gasteiger partial charge in [-0.2, -0.15) is 0 Å². The van der Waals surface area contributed by atoms with E-state index < -0.39 is 10.0 Å². The molecule has 0 amide bonds. The Morgan fingerprint density at radius 2 is 1.83 bits per heavy atom. The third kappa shape index (κ3) is 4.64. The Morgan fingerprint density at radius 3 is 2.33 bits per heavy atom. The molecule has 3 N–H and O–H groups in total. The summed E-state index contributed by atoms with van der Waals surface area (Å²) in [4.78, 5) is 2.27. The SMILES string of the molecule is CC(CCN(C)C)NS(=O)(=O)c1ccc(N)cc1. The summed E-state index contributed by atoms with van der Waals surface area (Å²) in [7, 11) is 0.471. The van der Waals surface area contributed by atoms with Gasteiger partial charge in [0, 0.05) is 11.7 Å². The maximum Gasteiger partial charge on any atom is 0.240 e. The molecule has 0 aromatic heterocycles. The number of nitrogens with two attached hydrogens (primary N) is 1. The molecule has 0 aliphatic carbocycles. The van der Waals surface area contributed by atoms with Crippen molar-refractivity contribution in [1.82, 2.24) is 9.62 Å². The molecule has 18 heavy (non-hydrogen) atoms. The monoisotopic (exact) mass is 271 g/mol. The topological polar surface area (TPSA) is 75.4 Å². The van der Waals surface area contributed by atoms with Crippen LogP contribution in [0.2, 0.25) is 0 Å². The van der Waals surface area contributed by atoms with Gasteiger partial charge in [0.05, 0.1) is 4.90 Å². The maximum atomic E-state index is 12.0. The number of nitrogens with zero attached hydrogens (tertiary/aromatic N) is 1. The van der Waals surface area contributed by atoms with E-state index in [0.717, 1.165) is 13.0 Å². The Balaban J connectivity index is 2.67. The zero-order valence-electron chi connectivity index (χ0n) is 11.1. The third-order valence-electron chi connectivity index (χ3n) is 2.56. The summed E-state index contributed by atoms with van der Waals surface area (Å²) < 4.78 is 26.7. The quantitative estimate of drug-likeness (QED) is 0.753. The molecule has 1 aromatic carbocycles. The minimum Gasteiger partial charge on any atom is -0.399 e. The van der Waals surface area contributed by atoms with Crippen molar-refractivity contribution in [3.63, 3.8) is 0 Å². The van der Waals surface area contributed by atoms with Crippen molar-refractivity contribution < 1.29 is 8.42 Å². The molecule has 0 bridgehead atoms. The summed E-state index contributed by atoms with van der Waals surface area (Å²) >= 11 is 0. The molecule has 0 heterocycles. The van der Waals surface area contributed by atoms with Crippen molar-refractivity contribution in [2.45, 2.75) is 24.3 Å². The zero-order chi connectivity index (χ0) is 13.8. The normalized spacial score (nSPS) is 13.8. The second-order valence-corrected chi connectivity index (χ2v) is 6.40. The van der Waals surface area contributed by atoms with Crippen molar-refractivity contribution in [2.75, 3.05) is 26.4 Å². The molecule has 0 saturated carbocycles. The average molecular weight is 271 g/mol. The Labute approximate surface area is 109 Å². The van der Waals surface area contributed by atoms with Gasteiger partial charge in [-0.05, 0) is 58.3 Å². The lowest BCUT2D eigenvalue weighted by atomic mass is 10.2. The van der Waals surface area contributed by atoms with Crippen LogP contribution in [0.5, 0.6) is 0 Å². The van der Waals surface area contributed by atoms with Crippen LogP contribution in [0.1, 0.15) is 13.3 Å². The van der Waals surface area contributed by atoms with E-state index in [1.807, 2.05) is 25.9 Å². The Hall–Kier alpha value is -1.11. The first kappa shape index (κ1) is 14.9. The Morgan fingerprint density at radius 1 is 1.28 bits per heavy atom. The van der Waals surface area contributed by atoms with Crippen LogP contribution in [0, 0.1) is 0 Å². The van der Waals surface area contributed by atoms with E-state index in [1.165, 1.54) is 12.1 Å². The van der Waals surface area contributed by atoms with Crippen LogP contribution in [-0.4, -0.2) is 40.0 Å². The Bertz CT molecular complexity index is 469. The number of hydrogen-bond acceptors (Lipinski definition) is 4. The minimum absolute atomic E-state index is 0.102. The van der Waals surface area contributed by atoms with E-state index in [1.54, 1.807) is 12.1 Å². The van der Waals surface area contributed by atoms with Crippen LogP contribution < -0.4 is 10.5 Å². The summed E-state index contributed by atoms with van der Waals surface area (Å²) in [5.41, 5.74) is 6.08. The summed E-state index contributed by atoms with van der Waals surface area (Å²) in [5.74, 6) is 0. The van der Waals surface area contributed by atoms with Gasteiger partial charge in [0.2, 0.25) is 10.0 Å². The highest BCUT2D eigenvalue weighted by Gasteiger charge is 2.16. The second kappa shape index (κ2) is 6.17. The summed E-state index contributed by atoms with van der Waals surface area (Å²) in [6, 6.07) is 6.08. The smallest absolute Gasteiger partial charge is 0.240 e. The highest BCUT2D eigenvalue weighted by atomic mass is 32.2. The van der Waals surface area contributed by atoms with Gasteiger partial charge in [-0.3, -0.25) is 0 Å². The van der Waals surface area contributed by atoms with Crippen LogP contribution in [0.15, 0.2) is 29.2 Å². The van der Waals surface area contributed by atoms with Gasteiger partial charge in [0.15, 0.2) is 0 Å². The number of nitrogens with one attached hydrogen (secondary N) is 1. The van der Waals surface area contributed by atoms with Crippen LogP contribution >= 0.6 is 0 Å². The number of sulfonamides is 1. The lowest BCUT2D eigenvalue weighted by molar-refractivity contribution is 0.379. The maximum absolute atomic E-state index is 12.0. The molecule has 0 aliphatic heterocycles. The lowest BCUT2D eigenvalue weighted by Crippen LogP contribution is -2.34. The van der Waals surface area contributed by atoms with Gasteiger partial charge in [0.25, 0.3) is 0 Å². The lowest BCUT2D eigenvalue weighted by Gasteiger charge is -2.16. The number of anilines is 1. The minimum atomic E-state index is -3.45. The van der Waals surface area contributed by atoms with Crippen LogP contribution in [-0.2, 0) is 10.0 Å². The van der Waals surface area contributed by atoms with E-state index in [2.05, 4.69) is 4.72 Å². The first-order valence-electron chi connectivity index (χ1n) is 5.84. The molecule has 1 unspecified atom stereocenters. The second-order valence-electron chi connectivity index (χ2n) is 4.68. The Kier molecular flexibility index (Phi) is 5.13. The predicted octanol–water partition coefficient (Wildman–Crippen LogP) is 0.887. The fourth-order valence-electron chi connectivity index (χ4n) is 1.49.